The molecule has 4 rings (SSSR count). The maximum Gasteiger partial charge on any atom is 0.235 e. The van der Waals surface area contributed by atoms with Crippen molar-refractivity contribution >= 4 is 22.5 Å². The van der Waals surface area contributed by atoms with E-state index in [4.69, 9.17) is 4.74 Å². The van der Waals surface area contributed by atoms with Crippen LogP contribution in [0.4, 0.5) is 5.69 Å². The summed E-state index contributed by atoms with van der Waals surface area (Å²) in [5, 5.41) is 4.34. The second kappa shape index (κ2) is 7.57. The lowest BCUT2D eigenvalue weighted by molar-refractivity contribution is -0.125. The van der Waals surface area contributed by atoms with Crippen molar-refractivity contribution in [2.24, 2.45) is 0 Å². The van der Waals surface area contributed by atoms with E-state index in [1.807, 2.05) is 24.3 Å². The summed E-state index contributed by atoms with van der Waals surface area (Å²) in [7, 11) is 0. The predicted octanol–water partition coefficient (Wildman–Crippen LogP) is 4.74. The van der Waals surface area contributed by atoms with Gasteiger partial charge in [0.25, 0.3) is 0 Å². The number of amides is 1. The normalized spacial score (nSPS) is 16.3. The molecule has 4 heteroatoms. The minimum absolute atomic E-state index is 0.0596. The predicted molar refractivity (Wildman–Crippen MR) is 109 cm³/mol. The number of ether oxygens (including phenoxy) is 1. The first-order valence-corrected chi connectivity index (χ1v) is 9.76. The minimum atomic E-state index is -0.525. The average Bonchev–Trinajstić information content (AvgIpc) is 3.11. The van der Waals surface area contributed by atoms with Gasteiger partial charge in [0, 0.05) is 42.5 Å². The summed E-state index contributed by atoms with van der Waals surface area (Å²) in [6.07, 6.45) is 4.63. The number of aryl methyl sites for hydroxylation is 1. The lowest BCUT2D eigenvalue weighted by Crippen LogP contribution is -2.44. The third kappa shape index (κ3) is 3.37. The van der Waals surface area contributed by atoms with Gasteiger partial charge in [0.05, 0.1) is 5.41 Å². The Balaban J connectivity index is 1.62. The lowest BCUT2D eigenvalue weighted by atomic mass is 9.73. The molecule has 0 atom stereocenters. The first-order valence-electron chi connectivity index (χ1n) is 9.76. The Morgan fingerprint density at radius 3 is 2.63 bits per heavy atom. The summed E-state index contributed by atoms with van der Waals surface area (Å²) in [6.45, 7) is 4.41. The molecule has 4 nitrogen and oxygen atoms in total. The molecule has 0 unspecified atom stereocenters. The largest absolute Gasteiger partial charge is 0.381 e. The Morgan fingerprint density at radius 2 is 1.89 bits per heavy atom. The Hall–Kier alpha value is -2.59. The average molecular weight is 362 g/mol. The van der Waals surface area contributed by atoms with Gasteiger partial charge in [-0.2, -0.15) is 0 Å². The maximum absolute atomic E-state index is 13.4. The van der Waals surface area contributed by atoms with Gasteiger partial charge >= 0.3 is 0 Å². The fourth-order valence-electron chi connectivity index (χ4n) is 4.09. The Bertz CT molecular complexity index is 924. The fraction of sp³-hybridized carbons (Fsp3) is 0.348. The number of aromatic nitrogens is 1. The topological polar surface area (TPSA) is 43.3 Å². The first kappa shape index (κ1) is 17.8. The van der Waals surface area contributed by atoms with Crippen LogP contribution in [0, 0.1) is 0 Å². The zero-order chi connectivity index (χ0) is 18.7. The van der Waals surface area contributed by atoms with Crippen molar-refractivity contribution in [1.29, 1.82) is 0 Å². The minimum Gasteiger partial charge on any atom is -0.381 e. The van der Waals surface area contributed by atoms with Gasteiger partial charge in [-0.3, -0.25) is 4.79 Å². The van der Waals surface area contributed by atoms with Gasteiger partial charge in [-0.1, -0.05) is 37.3 Å². The van der Waals surface area contributed by atoms with Crippen molar-refractivity contribution in [3.63, 3.8) is 0 Å². The monoisotopic (exact) mass is 362 g/mol. The van der Waals surface area contributed by atoms with E-state index >= 15 is 0 Å². The number of carbonyl (C=O) groups is 1. The maximum atomic E-state index is 13.4. The molecule has 1 amide bonds. The van der Waals surface area contributed by atoms with Crippen LogP contribution in [0.15, 0.2) is 60.8 Å². The van der Waals surface area contributed by atoms with Crippen LogP contribution in [-0.4, -0.2) is 23.7 Å². The van der Waals surface area contributed by atoms with Crippen LogP contribution < -0.4 is 5.32 Å². The number of hydrogen-bond donors (Lipinski definition) is 1. The summed E-state index contributed by atoms with van der Waals surface area (Å²) in [5.74, 6) is 0.0596. The molecule has 3 aromatic rings. The molecule has 1 fully saturated rings. The van der Waals surface area contributed by atoms with Crippen molar-refractivity contribution in [3.8, 4) is 0 Å². The van der Waals surface area contributed by atoms with E-state index in [0.717, 1.165) is 29.6 Å². The smallest absolute Gasteiger partial charge is 0.235 e. The molecule has 0 saturated carbocycles. The summed E-state index contributed by atoms with van der Waals surface area (Å²) < 4.78 is 7.80. The highest BCUT2D eigenvalue weighted by Crippen LogP contribution is 2.36. The highest BCUT2D eigenvalue weighted by Gasteiger charge is 2.41. The molecule has 1 saturated heterocycles. The number of carbonyl (C=O) groups excluding carboxylic acids is 1. The van der Waals surface area contributed by atoms with Gasteiger partial charge in [0.2, 0.25) is 5.91 Å². The molecule has 1 aromatic heterocycles. The summed E-state index contributed by atoms with van der Waals surface area (Å²) in [4.78, 5) is 13.4. The van der Waals surface area contributed by atoms with Crippen molar-refractivity contribution in [2.45, 2.75) is 38.1 Å². The SMILES string of the molecule is CCCn1ccc2cc(NC(=O)C3(c4ccccc4)CCOCC3)ccc21. The molecule has 2 heterocycles. The number of nitrogens with one attached hydrogen (secondary N) is 1. The van der Waals surface area contributed by atoms with Crippen molar-refractivity contribution in [3.05, 3.63) is 66.4 Å². The molecule has 0 spiro atoms. The molecule has 2 aromatic carbocycles. The zero-order valence-corrected chi connectivity index (χ0v) is 15.8. The molecule has 1 aliphatic rings. The van der Waals surface area contributed by atoms with Crippen LogP contribution in [0.2, 0.25) is 0 Å². The van der Waals surface area contributed by atoms with E-state index in [-0.39, 0.29) is 5.91 Å². The Morgan fingerprint density at radius 1 is 1.11 bits per heavy atom. The fourth-order valence-corrected chi connectivity index (χ4v) is 4.09. The van der Waals surface area contributed by atoms with Crippen LogP contribution in [0.3, 0.4) is 0 Å². The molecule has 1 N–H and O–H groups in total. The second-order valence-corrected chi connectivity index (χ2v) is 7.30. The summed E-state index contributed by atoms with van der Waals surface area (Å²) >= 11 is 0. The van der Waals surface area contributed by atoms with Crippen LogP contribution in [-0.2, 0) is 21.5 Å². The van der Waals surface area contributed by atoms with Gasteiger partial charge in [-0.25, -0.2) is 0 Å². The number of nitrogens with zero attached hydrogens (tertiary/aromatic N) is 1. The molecule has 0 bridgehead atoms. The molecule has 0 radical (unpaired) electrons. The Kier molecular flexibility index (Phi) is 4.99. The highest BCUT2D eigenvalue weighted by molar-refractivity contribution is 6.00. The molecule has 140 valence electrons. The van der Waals surface area contributed by atoms with E-state index in [2.05, 4.69) is 53.3 Å². The molecule has 0 aliphatic carbocycles. The van der Waals surface area contributed by atoms with Gasteiger partial charge in [-0.15, -0.1) is 0 Å². The van der Waals surface area contributed by atoms with Gasteiger partial charge in [0.1, 0.15) is 0 Å². The van der Waals surface area contributed by atoms with Gasteiger partial charge < -0.3 is 14.6 Å². The number of anilines is 1. The number of hydrogen-bond acceptors (Lipinski definition) is 2. The summed E-state index contributed by atoms with van der Waals surface area (Å²) in [5.41, 5.74) is 2.60. The third-order valence-corrected chi connectivity index (χ3v) is 5.60. The molecule has 27 heavy (non-hydrogen) atoms. The highest BCUT2D eigenvalue weighted by atomic mass is 16.5. The summed E-state index contributed by atoms with van der Waals surface area (Å²) in [6, 6.07) is 18.4. The van der Waals surface area contributed by atoms with Crippen molar-refractivity contribution in [1.82, 2.24) is 4.57 Å². The zero-order valence-electron chi connectivity index (χ0n) is 15.8. The van der Waals surface area contributed by atoms with E-state index in [1.165, 1.54) is 5.52 Å². The molecule has 1 aliphatic heterocycles. The van der Waals surface area contributed by atoms with E-state index in [0.29, 0.717) is 26.1 Å². The standard InChI is InChI=1S/C23H26N2O2/c1-2-13-25-14-10-18-17-20(8-9-21(18)25)24-22(26)23(11-15-27-16-12-23)19-6-4-3-5-7-19/h3-10,14,17H,2,11-13,15-16H2,1H3,(H,24,26). The van der Waals surface area contributed by atoms with Crippen molar-refractivity contribution in [2.75, 3.05) is 18.5 Å². The second-order valence-electron chi connectivity index (χ2n) is 7.30. The van der Waals surface area contributed by atoms with Crippen LogP contribution in [0.5, 0.6) is 0 Å². The number of benzene rings is 2. The lowest BCUT2D eigenvalue weighted by Gasteiger charge is -2.36. The van der Waals surface area contributed by atoms with E-state index in [9.17, 15) is 4.79 Å². The van der Waals surface area contributed by atoms with E-state index in [1.54, 1.807) is 0 Å². The van der Waals surface area contributed by atoms with Gasteiger partial charge in [0.15, 0.2) is 0 Å². The van der Waals surface area contributed by atoms with Crippen LogP contribution in [0.25, 0.3) is 10.9 Å². The molecular formula is C23H26N2O2. The molecular weight excluding hydrogens is 336 g/mol. The van der Waals surface area contributed by atoms with E-state index < -0.39 is 5.41 Å². The third-order valence-electron chi connectivity index (χ3n) is 5.60. The number of fused-ring (bicyclic) bond motifs is 1. The van der Waals surface area contributed by atoms with Crippen LogP contribution >= 0.6 is 0 Å². The number of rotatable bonds is 5. The Labute approximate surface area is 160 Å². The quantitative estimate of drug-likeness (QED) is 0.712. The van der Waals surface area contributed by atoms with Crippen molar-refractivity contribution < 1.29 is 9.53 Å². The first-order chi connectivity index (χ1) is 13.2. The van der Waals surface area contributed by atoms with Crippen LogP contribution in [0.1, 0.15) is 31.7 Å². The van der Waals surface area contributed by atoms with Gasteiger partial charge in [-0.05, 0) is 49.1 Å².